The number of hydrogen-bond acceptors (Lipinski definition) is 3. The number of nitrogens with two attached hydrogens (primary N) is 1. The van der Waals surface area contributed by atoms with Crippen LogP contribution in [0.3, 0.4) is 0 Å². The summed E-state index contributed by atoms with van der Waals surface area (Å²) in [6.07, 6.45) is 0.0764. The van der Waals surface area contributed by atoms with E-state index in [1.807, 2.05) is 51.1 Å². The Hall–Kier alpha value is -1.39. The number of amides is 1. The minimum absolute atomic E-state index is 0.329. The summed E-state index contributed by atoms with van der Waals surface area (Å²) in [6.45, 7) is 5.82. The van der Waals surface area contributed by atoms with Gasteiger partial charge in [-0.25, -0.2) is 0 Å². The summed E-state index contributed by atoms with van der Waals surface area (Å²) in [6, 6.07) is 9.00. The molecule has 4 heteroatoms. The van der Waals surface area contributed by atoms with Crippen molar-refractivity contribution >= 4 is 5.91 Å². The van der Waals surface area contributed by atoms with E-state index in [4.69, 9.17) is 5.73 Å². The smallest absolute Gasteiger partial charge is 0.250 e. The van der Waals surface area contributed by atoms with Gasteiger partial charge in [-0.2, -0.15) is 0 Å². The van der Waals surface area contributed by atoms with Gasteiger partial charge >= 0.3 is 0 Å². The molecule has 0 spiro atoms. The topological polar surface area (TPSA) is 75.3 Å². The summed E-state index contributed by atoms with van der Waals surface area (Å²) in [7, 11) is 0. The minimum Gasteiger partial charge on any atom is -0.382 e. The van der Waals surface area contributed by atoms with E-state index >= 15 is 0 Å². The molecule has 0 heterocycles. The number of carbonyl (C=O) groups is 1. The number of rotatable bonds is 6. The Morgan fingerprint density at radius 2 is 1.95 bits per heavy atom. The number of nitrogens with one attached hydrogen (secondary N) is 1. The Morgan fingerprint density at radius 1 is 1.37 bits per heavy atom. The maximum atomic E-state index is 11.9. The molecular formula is C15H24N2O2. The molecule has 1 amide bonds. The lowest BCUT2D eigenvalue weighted by atomic mass is 9.98. The molecule has 2 unspecified atom stereocenters. The van der Waals surface area contributed by atoms with E-state index in [1.54, 1.807) is 0 Å². The van der Waals surface area contributed by atoms with Crippen molar-refractivity contribution in [3.8, 4) is 0 Å². The summed E-state index contributed by atoms with van der Waals surface area (Å²) in [5.41, 5.74) is 6.58. The molecule has 0 saturated carbocycles. The maximum absolute atomic E-state index is 11.9. The Labute approximate surface area is 115 Å². The van der Waals surface area contributed by atoms with Crippen LogP contribution in [0.1, 0.15) is 32.8 Å². The summed E-state index contributed by atoms with van der Waals surface area (Å²) in [5.74, 6) is -0.407. The monoisotopic (exact) mass is 264 g/mol. The zero-order valence-corrected chi connectivity index (χ0v) is 11.9. The fourth-order valence-corrected chi connectivity index (χ4v) is 1.69. The molecule has 0 saturated heterocycles. The predicted octanol–water partition coefficient (Wildman–Crippen LogP) is 1.22. The number of hydrogen-bond donors (Lipinski definition) is 3. The Bertz CT molecular complexity index is 404. The highest BCUT2D eigenvalue weighted by atomic mass is 16.3. The second-order valence-corrected chi connectivity index (χ2v) is 5.53. The Balaban J connectivity index is 2.57. The molecule has 0 bridgehead atoms. The van der Waals surface area contributed by atoms with Crippen LogP contribution in [0.15, 0.2) is 30.3 Å². The first-order valence-corrected chi connectivity index (χ1v) is 6.65. The van der Waals surface area contributed by atoms with Gasteiger partial charge < -0.3 is 16.2 Å². The first kappa shape index (κ1) is 15.7. The summed E-state index contributed by atoms with van der Waals surface area (Å²) in [4.78, 5) is 11.9. The van der Waals surface area contributed by atoms with Gasteiger partial charge in [-0.15, -0.1) is 0 Å². The van der Waals surface area contributed by atoms with Crippen LogP contribution in [0.25, 0.3) is 0 Å². The number of benzene rings is 1. The summed E-state index contributed by atoms with van der Waals surface area (Å²) >= 11 is 0. The molecule has 4 N–H and O–H groups in total. The minimum atomic E-state index is -1.19. The molecule has 2 atom stereocenters. The van der Waals surface area contributed by atoms with Crippen molar-refractivity contribution in [1.29, 1.82) is 0 Å². The normalized spacial score (nSPS) is 14.8. The third-order valence-electron chi connectivity index (χ3n) is 3.33. The van der Waals surface area contributed by atoms with Crippen LogP contribution >= 0.6 is 0 Å². The predicted molar refractivity (Wildman–Crippen MR) is 76.6 cm³/mol. The molecule has 0 fully saturated rings. The first-order chi connectivity index (χ1) is 8.85. The highest BCUT2D eigenvalue weighted by molar-refractivity contribution is 5.82. The van der Waals surface area contributed by atoms with Gasteiger partial charge in [-0.3, -0.25) is 4.79 Å². The van der Waals surface area contributed by atoms with Gasteiger partial charge in [0.1, 0.15) is 6.10 Å². The van der Waals surface area contributed by atoms with Gasteiger partial charge in [-0.1, -0.05) is 37.3 Å². The summed E-state index contributed by atoms with van der Waals surface area (Å²) in [5, 5.41) is 12.8. The molecule has 0 aliphatic heterocycles. The molecular weight excluding hydrogens is 240 g/mol. The van der Waals surface area contributed by atoms with Crippen molar-refractivity contribution in [2.24, 2.45) is 5.73 Å². The molecule has 0 radical (unpaired) electrons. The van der Waals surface area contributed by atoms with Crippen LogP contribution in [-0.2, 0) is 11.2 Å². The largest absolute Gasteiger partial charge is 0.382 e. The van der Waals surface area contributed by atoms with Crippen molar-refractivity contribution in [3.05, 3.63) is 35.9 Å². The van der Waals surface area contributed by atoms with Gasteiger partial charge in [0.05, 0.1) is 0 Å². The first-order valence-electron chi connectivity index (χ1n) is 6.65. The van der Waals surface area contributed by atoms with Crippen molar-refractivity contribution in [2.45, 2.75) is 51.3 Å². The molecule has 106 valence electrons. The van der Waals surface area contributed by atoms with Crippen LogP contribution in [0, 0.1) is 0 Å². The second kappa shape index (κ2) is 6.68. The van der Waals surface area contributed by atoms with Gasteiger partial charge in [0, 0.05) is 11.6 Å². The van der Waals surface area contributed by atoms with E-state index in [1.165, 1.54) is 0 Å². The number of aliphatic hydroxyl groups excluding tert-OH is 1. The number of carbonyl (C=O) groups excluding carboxylic acids is 1. The highest BCUT2D eigenvalue weighted by Crippen LogP contribution is 2.09. The molecule has 1 aromatic rings. The molecule has 1 rings (SSSR count). The van der Waals surface area contributed by atoms with Crippen LogP contribution in [0.4, 0.5) is 0 Å². The van der Waals surface area contributed by atoms with Gasteiger partial charge in [0.15, 0.2) is 0 Å². The second-order valence-electron chi connectivity index (χ2n) is 5.53. The Kier molecular flexibility index (Phi) is 5.51. The van der Waals surface area contributed by atoms with Crippen molar-refractivity contribution in [2.75, 3.05) is 0 Å². The van der Waals surface area contributed by atoms with Gasteiger partial charge in [-0.05, 0) is 32.3 Å². The lowest BCUT2D eigenvalue weighted by molar-refractivity contribution is -0.132. The maximum Gasteiger partial charge on any atom is 0.250 e. The molecule has 1 aromatic carbocycles. The Morgan fingerprint density at radius 3 is 2.47 bits per heavy atom. The van der Waals surface area contributed by atoms with Crippen molar-refractivity contribution < 1.29 is 9.90 Å². The van der Waals surface area contributed by atoms with E-state index in [2.05, 4.69) is 5.32 Å². The zero-order valence-electron chi connectivity index (χ0n) is 11.9. The third-order valence-corrected chi connectivity index (χ3v) is 3.33. The van der Waals surface area contributed by atoms with Gasteiger partial charge in [0.25, 0.3) is 5.91 Å². The average Bonchev–Trinajstić information content (AvgIpc) is 2.38. The standard InChI is InChI=1S/C15H24N2O2/c1-4-15(2,3)17-14(19)13(18)12(16)10-11-8-6-5-7-9-11/h5-9,12-13,18H,4,10,16H2,1-3H3,(H,17,19). The van der Waals surface area contributed by atoms with Crippen LogP contribution in [-0.4, -0.2) is 28.7 Å². The molecule has 19 heavy (non-hydrogen) atoms. The molecule has 0 aliphatic carbocycles. The van der Waals surface area contributed by atoms with E-state index in [-0.39, 0.29) is 5.54 Å². The lowest BCUT2D eigenvalue weighted by Crippen LogP contribution is -2.53. The third kappa shape index (κ3) is 5.01. The summed E-state index contributed by atoms with van der Waals surface area (Å²) < 4.78 is 0. The van der Waals surface area contributed by atoms with E-state index in [9.17, 15) is 9.90 Å². The van der Waals surface area contributed by atoms with Crippen LogP contribution < -0.4 is 11.1 Å². The number of aliphatic hydroxyl groups is 1. The molecule has 4 nitrogen and oxygen atoms in total. The fourth-order valence-electron chi connectivity index (χ4n) is 1.69. The SMILES string of the molecule is CCC(C)(C)NC(=O)C(O)C(N)Cc1ccccc1. The molecule has 0 aromatic heterocycles. The lowest BCUT2D eigenvalue weighted by Gasteiger charge is -2.27. The zero-order chi connectivity index (χ0) is 14.5. The highest BCUT2D eigenvalue weighted by Gasteiger charge is 2.27. The van der Waals surface area contributed by atoms with E-state index < -0.39 is 18.1 Å². The van der Waals surface area contributed by atoms with Crippen molar-refractivity contribution in [1.82, 2.24) is 5.32 Å². The van der Waals surface area contributed by atoms with Gasteiger partial charge in [0.2, 0.25) is 0 Å². The van der Waals surface area contributed by atoms with Crippen LogP contribution in [0.5, 0.6) is 0 Å². The van der Waals surface area contributed by atoms with Crippen LogP contribution in [0.2, 0.25) is 0 Å². The van der Waals surface area contributed by atoms with Crippen molar-refractivity contribution in [3.63, 3.8) is 0 Å². The quantitative estimate of drug-likeness (QED) is 0.723. The van der Waals surface area contributed by atoms with E-state index in [0.717, 1.165) is 12.0 Å². The van der Waals surface area contributed by atoms with E-state index in [0.29, 0.717) is 6.42 Å². The fraction of sp³-hybridized carbons (Fsp3) is 0.533. The molecule has 0 aliphatic rings. The average molecular weight is 264 g/mol.